The quantitative estimate of drug-likeness (QED) is 0.143. The molecule has 32 heavy (non-hydrogen) atoms. The molecule has 4 heteroatoms. The SMILES string of the molecule is CCCCCCCCCCCCCCCCCCC(OCC)(Oc1ccccc1)C(=O)O. The minimum atomic E-state index is -1.59. The normalized spacial score (nSPS) is 13.1. The highest BCUT2D eigenvalue weighted by Gasteiger charge is 2.41. The van der Waals surface area contributed by atoms with Crippen LogP contribution >= 0.6 is 0 Å². The highest BCUT2D eigenvalue weighted by atomic mass is 16.7. The van der Waals surface area contributed by atoms with E-state index in [9.17, 15) is 9.90 Å². The molecule has 0 aliphatic heterocycles. The first-order chi connectivity index (χ1) is 15.6. The molecule has 0 aliphatic carbocycles. The first-order valence-electron chi connectivity index (χ1n) is 13.3. The molecule has 184 valence electrons. The van der Waals surface area contributed by atoms with Crippen molar-refractivity contribution in [1.82, 2.24) is 0 Å². The van der Waals surface area contributed by atoms with Gasteiger partial charge in [-0.25, -0.2) is 4.79 Å². The second-order valence-electron chi connectivity index (χ2n) is 8.96. The molecule has 1 aromatic carbocycles. The molecule has 0 bridgehead atoms. The summed E-state index contributed by atoms with van der Waals surface area (Å²) in [4.78, 5) is 12.0. The molecule has 1 rings (SSSR count). The number of carboxylic acids is 1. The van der Waals surface area contributed by atoms with E-state index in [4.69, 9.17) is 9.47 Å². The molecular weight excluding hydrogens is 400 g/mol. The third-order valence-electron chi connectivity index (χ3n) is 6.09. The lowest BCUT2D eigenvalue weighted by atomic mass is 10.0. The Hall–Kier alpha value is -1.55. The molecule has 0 heterocycles. The van der Waals surface area contributed by atoms with Crippen molar-refractivity contribution in [3.63, 3.8) is 0 Å². The highest BCUT2D eigenvalue weighted by Crippen LogP contribution is 2.26. The highest BCUT2D eigenvalue weighted by molar-refractivity contribution is 5.76. The minimum absolute atomic E-state index is 0.304. The van der Waals surface area contributed by atoms with Crippen LogP contribution in [0.2, 0.25) is 0 Å². The summed E-state index contributed by atoms with van der Waals surface area (Å²) in [7, 11) is 0. The van der Waals surface area contributed by atoms with Gasteiger partial charge in [0.2, 0.25) is 0 Å². The van der Waals surface area contributed by atoms with Crippen molar-refractivity contribution in [1.29, 1.82) is 0 Å². The van der Waals surface area contributed by atoms with Crippen molar-refractivity contribution in [3.8, 4) is 5.75 Å². The molecule has 0 saturated heterocycles. The molecule has 0 aromatic heterocycles. The van der Waals surface area contributed by atoms with Gasteiger partial charge < -0.3 is 14.6 Å². The molecule has 0 saturated carbocycles. The first-order valence-corrected chi connectivity index (χ1v) is 13.3. The van der Waals surface area contributed by atoms with Gasteiger partial charge in [0, 0.05) is 13.0 Å². The summed E-state index contributed by atoms with van der Waals surface area (Å²) in [5, 5.41) is 9.79. The van der Waals surface area contributed by atoms with E-state index in [2.05, 4.69) is 6.92 Å². The van der Waals surface area contributed by atoms with Crippen molar-refractivity contribution >= 4 is 5.97 Å². The predicted molar refractivity (Wildman–Crippen MR) is 133 cm³/mol. The predicted octanol–water partition coefficient (Wildman–Crippen LogP) is 8.53. The lowest BCUT2D eigenvalue weighted by Crippen LogP contribution is -2.47. The van der Waals surface area contributed by atoms with Crippen LogP contribution in [0.15, 0.2) is 30.3 Å². The standard InChI is InChI=1S/C28H48O4/c1-3-5-6-7-8-9-10-11-12-13-14-15-16-17-18-22-25-28(27(29)30,31-4-2)32-26-23-20-19-21-24-26/h19-21,23-24H,3-18,22,25H2,1-2H3,(H,29,30). The van der Waals surface area contributed by atoms with Gasteiger partial charge in [0.15, 0.2) is 0 Å². The lowest BCUT2D eigenvalue weighted by Gasteiger charge is -2.30. The van der Waals surface area contributed by atoms with Crippen molar-refractivity contribution in [2.45, 2.75) is 129 Å². The largest absolute Gasteiger partial charge is 0.476 e. The summed E-state index contributed by atoms with van der Waals surface area (Å²) in [6, 6.07) is 9.09. The molecular formula is C28H48O4. The summed E-state index contributed by atoms with van der Waals surface area (Å²) in [5.41, 5.74) is 0. The monoisotopic (exact) mass is 448 g/mol. The van der Waals surface area contributed by atoms with Crippen LogP contribution in [0.5, 0.6) is 5.75 Å². The number of rotatable bonds is 22. The maximum Gasteiger partial charge on any atom is 0.377 e. The molecule has 0 spiro atoms. The molecule has 1 N–H and O–H groups in total. The Morgan fingerprint density at radius 1 is 0.719 bits per heavy atom. The van der Waals surface area contributed by atoms with E-state index in [1.165, 1.54) is 83.5 Å². The van der Waals surface area contributed by atoms with Gasteiger partial charge in [0.25, 0.3) is 0 Å². The Morgan fingerprint density at radius 2 is 1.16 bits per heavy atom. The second kappa shape index (κ2) is 19.0. The summed E-state index contributed by atoms with van der Waals surface area (Å²) < 4.78 is 11.4. The van der Waals surface area contributed by atoms with Gasteiger partial charge in [0.05, 0.1) is 0 Å². The Morgan fingerprint density at radius 3 is 1.56 bits per heavy atom. The molecule has 4 nitrogen and oxygen atoms in total. The van der Waals surface area contributed by atoms with Crippen LogP contribution < -0.4 is 4.74 Å². The van der Waals surface area contributed by atoms with E-state index in [1.54, 1.807) is 19.1 Å². The Balaban J connectivity index is 2.09. The topological polar surface area (TPSA) is 55.8 Å². The van der Waals surface area contributed by atoms with Crippen molar-refractivity contribution in [3.05, 3.63) is 30.3 Å². The van der Waals surface area contributed by atoms with Gasteiger partial charge in [-0.3, -0.25) is 0 Å². The van der Waals surface area contributed by atoms with Crippen molar-refractivity contribution in [2.24, 2.45) is 0 Å². The number of hydrogen-bond donors (Lipinski definition) is 1. The molecule has 1 unspecified atom stereocenters. The Bertz CT molecular complexity index is 560. The average Bonchev–Trinajstić information content (AvgIpc) is 2.79. The van der Waals surface area contributed by atoms with Crippen molar-refractivity contribution in [2.75, 3.05) is 6.61 Å². The van der Waals surface area contributed by atoms with Crippen LogP contribution in [0.25, 0.3) is 0 Å². The zero-order chi connectivity index (χ0) is 23.3. The number of ether oxygens (including phenoxy) is 2. The van der Waals surface area contributed by atoms with E-state index in [1.807, 2.05) is 18.2 Å². The number of para-hydroxylation sites is 1. The fraction of sp³-hybridized carbons (Fsp3) is 0.750. The van der Waals surface area contributed by atoms with E-state index < -0.39 is 11.8 Å². The fourth-order valence-electron chi connectivity index (χ4n) is 4.18. The minimum Gasteiger partial charge on any atom is -0.476 e. The van der Waals surface area contributed by atoms with Crippen LogP contribution in [0.1, 0.15) is 123 Å². The molecule has 1 aromatic rings. The average molecular weight is 449 g/mol. The summed E-state index contributed by atoms with van der Waals surface area (Å²) in [6.07, 6.45) is 21.1. The molecule has 0 aliphatic rings. The molecule has 0 amide bonds. The smallest absolute Gasteiger partial charge is 0.377 e. The molecule has 0 fully saturated rings. The van der Waals surface area contributed by atoms with Gasteiger partial charge in [-0.2, -0.15) is 0 Å². The van der Waals surface area contributed by atoms with Crippen LogP contribution in [-0.2, 0) is 9.53 Å². The first kappa shape index (κ1) is 28.5. The van der Waals surface area contributed by atoms with E-state index in [0.29, 0.717) is 18.8 Å². The molecule has 0 radical (unpaired) electrons. The summed E-state index contributed by atoms with van der Waals surface area (Å²) >= 11 is 0. The van der Waals surface area contributed by atoms with Gasteiger partial charge in [-0.05, 0) is 25.5 Å². The number of carboxylic acid groups (broad SMARTS) is 1. The van der Waals surface area contributed by atoms with E-state index in [-0.39, 0.29) is 0 Å². The van der Waals surface area contributed by atoms with Crippen LogP contribution in [-0.4, -0.2) is 23.5 Å². The zero-order valence-electron chi connectivity index (χ0n) is 20.8. The third kappa shape index (κ3) is 13.1. The van der Waals surface area contributed by atoms with Gasteiger partial charge in [-0.15, -0.1) is 0 Å². The second-order valence-corrected chi connectivity index (χ2v) is 8.96. The zero-order valence-corrected chi connectivity index (χ0v) is 20.8. The van der Waals surface area contributed by atoms with Gasteiger partial charge >= 0.3 is 11.8 Å². The number of benzene rings is 1. The Kier molecular flexibility index (Phi) is 16.9. The lowest BCUT2D eigenvalue weighted by molar-refractivity contribution is -0.213. The van der Waals surface area contributed by atoms with Crippen LogP contribution in [0, 0.1) is 0 Å². The Labute approximate surface area is 197 Å². The number of hydrogen-bond acceptors (Lipinski definition) is 3. The van der Waals surface area contributed by atoms with Gasteiger partial charge in [0.1, 0.15) is 5.75 Å². The maximum atomic E-state index is 12.0. The summed E-state index contributed by atoms with van der Waals surface area (Å²) in [6.45, 7) is 4.38. The third-order valence-corrected chi connectivity index (χ3v) is 6.09. The molecule has 1 atom stereocenters. The van der Waals surface area contributed by atoms with Crippen molar-refractivity contribution < 1.29 is 19.4 Å². The van der Waals surface area contributed by atoms with Gasteiger partial charge in [-0.1, -0.05) is 121 Å². The van der Waals surface area contributed by atoms with E-state index in [0.717, 1.165) is 19.3 Å². The fourth-order valence-corrected chi connectivity index (χ4v) is 4.18. The summed E-state index contributed by atoms with van der Waals surface area (Å²) in [5.74, 6) is -2.12. The number of aliphatic carboxylic acids is 1. The number of carbonyl (C=O) groups is 1. The number of unbranched alkanes of at least 4 members (excludes halogenated alkanes) is 15. The maximum absolute atomic E-state index is 12.0. The van der Waals surface area contributed by atoms with Crippen LogP contribution in [0.4, 0.5) is 0 Å². The van der Waals surface area contributed by atoms with Crippen LogP contribution in [0.3, 0.4) is 0 Å². The van der Waals surface area contributed by atoms with E-state index >= 15 is 0 Å².